The van der Waals surface area contributed by atoms with Gasteiger partial charge in [0.15, 0.2) is 0 Å². The molecule has 3 unspecified atom stereocenters. The normalized spacial score (nSPS) is 31.2. The molecule has 1 aliphatic heterocycles. The van der Waals surface area contributed by atoms with Crippen molar-refractivity contribution < 1.29 is 9.53 Å². The second-order valence-electron chi connectivity index (χ2n) is 7.19. The first kappa shape index (κ1) is 19.7. The van der Waals surface area contributed by atoms with Crippen molar-refractivity contribution >= 4 is 18.3 Å². The molecule has 5 heteroatoms. The van der Waals surface area contributed by atoms with Crippen molar-refractivity contribution in [3.05, 3.63) is 0 Å². The summed E-state index contributed by atoms with van der Waals surface area (Å²) in [7, 11) is 0. The molecule has 4 nitrogen and oxygen atoms in total. The molecule has 2 rings (SSSR count). The van der Waals surface area contributed by atoms with E-state index in [-0.39, 0.29) is 36.4 Å². The van der Waals surface area contributed by atoms with E-state index < -0.39 is 0 Å². The first-order chi connectivity index (χ1) is 9.99. The highest BCUT2D eigenvalue weighted by molar-refractivity contribution is 5.85. The number of hydrogen-bond donors (Lipinski definition) is 1. The van der Waals surface area contributed by atoms with Crippen molar-refractivity contribution in [1.29, 1.82) is 0 Å². The van der Waals surface area contributed by atoms with Crippen LogP contribution in [0.5, 0.6) is 0 Å². The van der Waals surface area contributed by atoms with E-state index in [2.05, 4.69) is 11.8 Å². The molecule has 130 valence electrons. The molecule has 1 heterocycles. The van der Waals surface area contributed by atoms with Crippen LogP contribution >= 0.6 is 12.4 Å². The minimum Gasteiger partial charge on any atom is -0.376 e. The zero-order valence-corrected chi connectivity index (χ0v) is 15.1. The first-order valence-corrected chi connectivity index (χ1v) is 8.66. The summed E-state index contributed by atoms with van der Waals surface area (Å²) in [5.74, 6) is 0.914. The summed E-state index contributed by atoms with van der Waals surface area (Å²) in [4.78, 5) is 15.0. The molecule has 2 aliphatic rings. The Morgan fingerprint density at radius 2 is 1.86 bits per heavy atom. The second-order valence-corrected chi connectivity index (χ2v) is 7.19. The molecule has 0 radical (unpaired) electrons. The molecule has 2 N–H and O–H groups in total. The molecule has 1 aliphatic carbocycles. The van der Waals surface area contributed by atoms with Crippen LogP contribution in [0.15, 0.2) is 0 Å². The van der Waals surface area contributed by atoms with Crippen LogP contribution in [0.2, 0.25) is 0 Å². The Bertz CT molecular complexity index is 338. The Morgan fingerprint density at radius 1 is 1.23 bits per heavy atom. The predicted molar refractivity (Wildman–Crippen MR) is 92.2 cm³/mol. The summed E-state index contributed by atoms with van der Waals surface area (Å²) < 4.78 is 5.76. The van der Waals surface area contributed by atoms with Crippen molar-refractivity contribution in [2.75, 3.05) is 13.2 Å². The molecule has 2 fully saturated rings. The standard InChI is InChI=1S/C17H32N2O2.ClH/c1-12-6-8-15(9-7-12)19(11-16-5-4-10-21-16)17(20)13(2)14(3)18;/h12-16H,4-11,18H2,1-3H3;1H. The van der Waals surface area contributed by atoms with E-state index >= 15 is 0 Å². The van der Waals surface area contributed by atoms with E-state index in [0.29, 0.717) is 6.04 Å². The Morgan fingerprint density at radius 3 is 2.36 bits per heavy atom. The maximum Gasteiger partial charge on any atom is 0.227 e. The van der Waals surface area contributed by atoms with Gasteiger partial charge in [-0.15, -0.1) is 12.4 Å². The van der Waals surface area contributed by atoms with Gasteiger partial charge in [0.2, 0.25) is 5.91 Å². The maximum atomic E-state index is 12.8. The topological polar surface area (TPSA) is 55.6 Å². The summed E-state index contributed by atoms with van der Waals surface area (Å²) >= 11 is 0. The van der Waals surface area contributed by atoms with Crippen molar-refractivity contribution in [1.82, 2.24) is 4.90 Å². The van der Waals surface area contributed by atoms with Gasteiger partial charge in [-0.3, -0.25) is 4.79 Å². The fraction of sp³-hybridized carbons (Fsp3) is 0.941. The van der Waals surface area contributed by atoms with Crippen LogP contribution in [0.4, 0.5) is 0 Å². The minimum absolute atomic E-state index is 0. The number of halogens is 1. The SMILES string of the molecule is CC1CCC(N(CC2CCCO2)C(=O)C(C)C(C)N)CC1.Cl. The summed E-state index contributed by atoms with van der Waals surface area (Å²) in [5.41, 5.74) is 5.96. The molecule has 0 bridgehead atoms. The second kappa shape index (κ2) is 9.09. The molecule has 0 aromatic carbocycles. The first-order valence-electron chi connectivity index (χ1n) is 8.66. The highest BCUT2D eigenvalue weighted by atomic mass is 35.5. The zero-order valence-electron chi connectivity index (χ0n) is 14.3. The van der Waals surface area contributed by atoms with E-state index in [0.717, 1.165) is 44.8 Å². The van der Waals surface area contributed by atoms with Crippen LogP contribution in [-0.2, 0) is 9.53 Å². The molecular weight excluding hydrogens is 300 g/mol. The molecule has 1 saturated heterocycles. The minimum atomic E-state index is -0.106. The number of carbonyl (C=O) groups is 1. The number of nitrogens with two attached hydrogens (primary N) is 1. The fourth-order valence-corrected chi connectivity index (χ4v) is 3.47. The monoisotopic (exact) mass is 332 g/mol. The lowest BCUT2D eigenvalue weighted by molar-refractivity contribution is -0.140. The van der Waals surface area contributed by atoms with Crippen LogP contribution in [0, 0.1) is 11.8 Å². The lowest BCUT2D eigenvalue weighted by Crippen LogP contribution is -2.50. The summed E-state index contributed by atoms with van der Waals surface area (Å²) in [6.07, 6.45) is 7.15. The van der Waals surface area contributed by atoms with Gasteiger partial charge in [-0.05, 0) is 51.4 Å². The zero-order chi connectivity index (χ0) is 15.4. The lowest BCUT2D eigenvalue weighted by atomic mass is 9.85. The van der Waals surface area contributed by atoms with Gasteiger partial charge in [0.1, 0.15) is 0 Å². The highest BCUT2D eigenvalue weighted by Crippen LogP contribution is 2.29. The van der Waals surface area contributed by atoms with Gasteiger partial charge in [-0.2, -0.15) is 0 Å². The average molecular weight is 333 g/mol. The van der Waals surface area contributed by atoms with Crippen LogP contribution < -0.4 is 5.73 Å². The van der Waals surface area contributed by atoms with Gasteiger partial charge in [-0.1, -0.05) is 13.8 Å². The smallest absolute Gasteiger partial charge is 0.227 e. The Kier molecular flexibility index (Phi) is 8.15. The van der Waals surface area contributed by atoms with E-state index in [1.54, 1.807) is 0 Å². The Labute approximate surface area is 141 Å². The van der Waals surface area contributed by atoms with E-state index in [1.165, 1.54) is 12.8 Å². The molecule has 1 saturated carbocycles. The number of rotatable bonds is 5. The van der Waals surface area contributed by atoms with Gasteiger partial charge in [0, 0.05) is 25.2 Å². The third-order valence-corrected chi connectivity index (χ3v) is 5.31. The number of hydrogen-bond acceptors (Lipinski definition) is 3. The molecule has 0 spiro atoms. The predicted octanol–water partition coefficient (Wildman–Crippen LogP) is 2.98. The molecule has 0 aromatic rings. The fourth-order valence-electron chi connectivity index (χ4n) is 3.47. The van der Waals surface area contributed by atoms with E-state index in [4.69, 9.17) is 10.5 Å². The third kappa shape index (κ3) is 5.10. The van der Waals surface area contributed by atoms with Gasteiger partial charge in [0.25, 0.3) is 0 Å². The van der Waals surface area contributed by atoms with E-state index in [9.17, 15) is 4.79 Å². The summed E-state index contributed by atoms with van der Waals surface area (Å²) in [5, 5.41) is 0. The quantitative estimate of drug-likeness (QED) is 0.842. The highest BCUT2D eigenvalue weighted by Gasteiger charge is 2.33. The Balaban J connectivity index is 0.00000242. The maximum absolute atomic E-state index is 12.8. The van der Waals surface area contributed by atoms with Crippen molar-refractivity contribution in [3.8, 4) is 0 Å². The van der Waals surface area contributed by atoms with E-state index in [1.807, 2.05) is 13.8 Å². The largest absolute Gasteiger partial charge is 0.376 e. The van der Waals surface area contributed by atoms with Gasteiger partial charge >= 0.3 is 0 Å². The number of ether oxygens (including phenoxy) is 1. The van der Waals surface area contributed by atoms with Crippen molar-refractivity contribution in [3.63, 3.8) is 0 Å². The van der Waals surface area contributed by atoms with Crippen LogP contribution in [0.25, 0.3) is 0 Å². The molecular formula is C17H33ClN2O2. The van der Waals surface area contributed by atoms with Crippen molar-refractivity contribution in [2.45, 2.75) is 77.5 Å². The van der Waals surface area contributed by atoms with Crippen LogP contribution in [0.3, 0.4) is 0 Å². The van der Waals surface area contributed by atoms with Gasteiger partial charge < -0.3 is 15.4 Å². The van der Waals surface area contributed by atoms with Crippen molar-refractivity contribution in [2.24, 2.45) is 17.6 Å². The molecule has 1 amide bonds. The van der Waals surface area contributed by atoms with Gasteiger partial charge in [-0.25, -0.2) is 0 Å². The molecule has 3 atom stereocenters. The number of amides is 1. The van der Waals surface area contributed by atoms with Crippen LogP contribution in [0.1, 0.15) is 59.3 Å². The molecule has 0 aromatic heterocycles. The summed E-state index contributed by atoms with van der Waals surface area (Å²) in [6, 6.07) is 0.297. The van der Waals surface area contributed by atoms with Gasteiger partial charge in [0.05, 0.1) is 12.0 Å². The molecule has 22 heavy (non-hydrogen) atoms. The third-order valence-electron chi connectivity index (χ3n) is 5.31. The number of carbonyl (C=O) groups excluding carboxylic acids is 1. The van der Waals surface area contributed by atoms with Crippen LogP contribution in [-0.4, -0.2) is 42.1 Å². The number of nitrogens with zero attached hydrogens (tertiary/aromatic N) is 1. The Hall–Kier alpha value is -0.320. The summed E-state index contributed by atoms with van der Waals surface area (Å²) in [6.45, 7) is 7.80. The average Bonchev–Trinajstić information content (AvgIpc) is 2.97. The lowest BCUT2D eigenvalue weighted by Gasteiger charge is -2.39.